The maximum Gasteiger partial charge on any atom is 0.122 e. The molecule has 0 fully saturated rings. The molecule has 0 heterocycles. The molecule has 1 unspecified atom stereocenters. The fourth-order valence-electron chi connectivity index (χ4n) is 2.28. The number of ether oxygens (including phenoxy) is 1. The van der Waals surface area contributed by atoms with Crippen LogP contribution in [-0.2, 0) is 6.42 Å². The molecule has 0 aliphatic rings. The summed E-state index contributed by atoms with van der Waals surface area (Å²) in [5.74, 6) is 6.55. The average Bonchev–Trinajstić information content (AvgIpc) is 2.48. The van der Waals surface area contributed by atoms with Gasteiger partial charge in [0, 0.05) is 9.50 Å². The number of rotatable bonds is 5. The number of halogens is 2. The Morgan fingerprint density at radius 3 is 2.67 bits per heavy atom. The third-order valence-corrected chi connectivity index (χ3v) is 4.58. The second kappa shape index (κ2) is 7.27. The van der Waals surface area contributed by atoms with Crippen molar-refractivity contribution >= 4 is 27.5 Å². The van der Waals surface area contributed by atoms with Crippen molar-refractivity contribution in [3.05, 3.63) is 62.6 Å². The largest absolute Gasteiger partial charge is 0.496 e. The van der Waals surface area contributed by atoms with Crippen molar-refractivity contribution < 1.29 is 4.74 Å². The van der Waals surface area contributed by atoms with Gasteiger partial charge in [-0.25, -0.2) is 0 Å². The quantitative estimate of drug-likeness (QED) is 0.614. The van der Waals surface area contributed by atoms with Crippen LogP contribution in [0, 0.1) is 6.92 Å². The number of nitrogens with two attached hydrogens (primary N) is 1. The van der Waals surface area contributed by atoms with Crippen molar-refractivity contribution in [2.45, 2.75) is 19.4 Å². The van der Waals surface area contributed by atoms with E-state index in [9.17, 15) is 0 Å². The van der Waals surface area contributed by atoms with Gasteiger partial charge >= 0.3 is 0 Å². The molecule has 0 aliphatic heterocycles. The van der Waals surface area contributed by atoms with E-state index in [4.69, 9.17) is 22.2 Å². The molecule has 2 aromatic rings. The van der Waals surface area contributed by atoms with E-state index in [1.165, 1.54) is 5.56 Å². The Labute approximate surface area is 138 Å². The van der Waals surface area contributed by atoms with Crippen molar-refractivity contribution in [1.82, 2.24) is 5.43 Å². The summed E-state index contributed by atoms with van der Waals surface area (Å²) in [5.41, 5.74) is 6.19. The van der Waals surface area contributed by atoms with Crippen LogP contribution in [0.2, 0.25) is 5.02 Å². The second-order valence-corrected chi connectivity index (χ2v) is 6.18. The SMILES string of the molecule is COc1ccc(Cl)cc1CC(NN)c1ccc(Br)c(C)c1. The average molecular weight is 370 g/mol. The third kappa shape index (κ3) is 3.98. The van der Waals surface area contributed by atoms with Gasteiger partial charge in [0.2, 0.25) is 0 Å². The van der Waals surface area contributed by atoms with E-state index in [0.717, 1.165) is 21.3 Å². The summed E-state index contributed by atoms with van der Waals surface area (Å²) in [5, 5.41) is 0.688. The van der Waals surface area contributed by atoms with E-state index >= 15 is 0 Å². The zero-order valence-electron chi connectivity index (χ0n) is 12.0. The summed E-state index contributed by atoms with van der Waals surface area (Å²) in [6, 6.07) is 11.8. The Balaban J connectivity index is 2.30. The van der Waals surface area contributed by atoms with Crippen molar-refractivity contribution in [3.63, 3.8) is 0 Å². The number of hydrogen-bond acceptors (Lipinski definition) is 3. The molecule has 0 saturated heterocycles. The molecule has 0 saturated carbocycles. The summed E-state index contributed by atoms with van der Waals surface area (Å²) in [6.07, 6.45) is 0.696. The number of hydrazine groups is 1. The minimum absolute atomic E-state index is 0.0100. The highest BCUT2D eigenvalue weighted by molar-refractivity contribution is 9.10. The van der Waals surface area contributed by atoms with Crippen molar-refractivity contribution in [1.29, 1.82) is 0 Å². The first-order valence-electron chi connectivity index (χ1n) is 6.59. The van der Waals surface area contributed by atoms with E-state index < -0.39 is 0 Å². The second-order valence-electron chi connectivity index (χ2n) is 4.89. The monoisotopic (exact) mass is 368 g/mol. The van der Waals surface area contributed by atoms with Crippen molar-refractivity contribution in [3.8, 4) is 5.75 Å². The molecule has 0 spiro atoms. The highest BCUT2D eigenvalue weighted by atomic mass is 79.9. The van der Waals surface area contributed by atoms with Crippen LogP contribution < -0.4 is 16.0 Å². The lowest BCUT2D eigenvalue weighted by molar-refractivity contribution is 0.405. The van der Waals surface area contributed by atoms with Gasteiger partial charge in [-0.2, -0.15) is 0 Å². The van der Waals surface area contributed by atoms with Gasteiger partial charge in [-0.05, 0) is 54.3 Å². The van der Waals surface area contributed by atoms with Gasteiger partial charge in [-0.3, -0.25) is 11.3 Å². The van der Waals surface area contributed by atoms with Gasteiger partial charge in [0.1, 0.15) is 5.75 Å². The predicted octanol–water partition coefficient (Wildman–Crippen LogP) is 4.17. The van der Waals surface area contributed by atoms with E-state index in [2.05, 4.69) is 40.4 Å². The highest BCUT2D eigenvalue weighted by Crippen LogP contribution is 2.29. The summed E-state index contributed by atoms with van der Waals surface area (Å²) >= 11 is 9.59. The zero-order chi connectivity index (χ0) is 15.4. The van der Waals surface area contributed by atoms with E-state index in [-0.39, 0.29) is 6.04 Å². The Bertz CT molecular complexity index is 634. The zero-order valence-corrected chi connectivity index (χ0v) is 14.3. The predicted molar refractivity (Wildman–Crippen MR) is 90.7 cm³/mol. The summed E-state index contributed by atoms with van der Waals surface area (Å²) in [7, 11) is 1.65. The molecule has 3 nitrogen and oxygen atoms in total. The van der Waals surface area contributed by atoms with Crippen LogP contribution in [0.1, 0.15) is 22.7 Å². The first-order valence-corrected chi connectivity index (χ1v) is 7.77. The van der Waals surface area contributed by atoms with Crippen LogP contribution in [0.25, 0.3) is 0 Å². The molecule has 1 atom stereocenters. The standard InChI is InChI=1S/C16H18BrClN2O/c1-10-7-11(3-5-14(10)17)15(20-19)9-12-8-13(18)4-6-16(12)21-2/h3-8,15,20H,9,19H2,1-2H3. The van der Waals surface area contributed by atoms with Crippen molar-refractivity contribution in [2.75, 3.05) is 7.11 Å². The van der Waals surface area contributed by atoms with Crippen LogP contribution in [0.3, 0.4) is 0 Å². The van der Waals surface area contributed by atoms with E-state index in [0.29, 0.717) is 11.4 Å². The smallest absolute Gasteiger partial charge is 0.122 e. The van der Waals surface area contributed by atoms with Crippen LogP contribution in [-0.4, -0.2) is 7.11 Å². The number of aryl methyl sites for hydroxylation is 1. The molecule has 3 N–H and O–H groups in total. The van der Waals surface area contributed by atoms with Crippen LogP contribution in [0.15, 0.2) is 40.9 Å². The number of hydrogen-bond donors (Lipinski definition) is 2. The van der Waals surface area contributed by atoms with Gasteiger partial charge in [-0.15, -0.1) is 0 Å². The number of methoxy groups -OCH3 is 1. The number of benzene rings is 2. The molecule has 0 radical (unpaired) electrons. The van der Waals surface area contributed by atoms with Gasteiger partial charge in [0.05, 0.1) is 13.2 Å². The summed E-state index contributed by atoms with van der Waals surface area (Å²) in [4.78, 5) is 0. The molecule has 5 heteroatoms. The normalized spacial score (nSPS) is 12.2. The molecule has 0 bridgehead atoms. The third-order valence-electron chi connectivity index (χ3n) is 3.45. The molecule has 0 aliphatic carbocycles. The molecule has 0 aromatic heterocycles. The van der Waals surface area contributed by atoms with Crippen LogP contribution in [0.5, 0.6) is 5.75 Å². The molecule has 21 heavy (non-hydrogen) atoms. The number of nitrogens with one attached hydrogen (secondary N) is 1. The van der Waals surface area contributed by atoms with E-state index in [1.807, 2.05) is 24.3 Å². The van der Waals surface area contributed by atoms with Crippen LogP contribution >= 0.6 is 27.5 Å². The molecule has 2 rings (SSSR count). The lowest BCUT2D eigenvalue weighted by atomic mass is 9.97. The Kier molecular flexibility index (Phi) is 5.65. The summed E-state index contributed by atoms with van der Waals surface area (Å²) in [6.45, 7) is 2.06. The van der Waals surface area contributed by atoms with Gasteiger partial charge < -0.3 is 4.74 Å². The lowest BCUT2D eigenvalue weighted by Gasteiger charge is -2.19. The summed E-state index contributed by atoms with van der Waals surface area (Å²) < 4.78 is 6.48. The maximum atomic E-state index is 6.08. The highest BCUT2D eigenvalue weighted by Gasteiger charge is 2.14. The van der Waals surface area contributed by atoms with Gasteiger partial charge in [0.15, 0.2) is 0 Å². The van der Waals surface area contributed by atoms with Gasteiger partial charge in [-0.1, -0.05) is 39.7 Å². The van der Waals surface area contributed by atoms with Crippen LogP contribution in [0.4, 0.5) is 0 Å². The molecule has 112 valence electrons. The topological polar surface area (TPSA) is 47.3 Å². The molecular formula is C16H18BrClN2O. The first kappa shape index (κ1) is 16.3. The maximum absolute atomic E-state index is 6.08. The Morgan fingerprint density at radius 1 is 1.29 bits per heavy atom. The molecular weight excluding hydrogens is 352 g/mol. The minimum atomic E-state index is -0.0100. The molecule has 2 aromatic carbocycles. The minimum Gasteiger partial charge on any atom is -0.496 e. The van der Waals surface area contributed by atoms with E-state index in [1.54, 1.807) is 7.11 Å². The fourth-order valence-corrected chi connectivity index (χ4v) is 2.73. The van der Waals surface area contributed by atoms with Gasteiger partial charge in [0.25, 0.3) is 0 Å². The van der Waals surface area contributed by atoms with Crippen molar-refractivity contribution in [2.24, 2.45) is 5.84 Å². The Hall–Kier alpha value is -1.07. The molecule has 0 amide bonds. The fraction of sp³-hybridized carbons (Fsp3) is 0.250. The Morgan fingerprint density at radius 2 is 2.05 bits per heavy atom. The lowest BCUT2D eigenvalue weighted by Crippen LogP contribution is -2.29. The first-order chi connectivity index (χ1) is 10.0.